The highest BCUT2D eigenvalue weighted by Gasteiger charge is 2.25. The molecule has 0 aliphatic rings. The molecule has 0 spiro atoms. The predicted octanol–water partition coefficient (Wildman–Crippen LogP) is 3.97. The van der Waals surface area contributed by atoms with Gasteiger partial charge in [-0.25, -0.2) is 8.42 Å². The molecule has 0 radical (unpaired) electrons. The lowest BCUT2D eigenvalue weighted by Gasteiger charge is -2.21. The Morgan fingerprint density at radius 2 is 1.81 bits per heavy atom. The molecule has 1 amide bonds. The lowest BCUT2D eigenvalue weighted by molar-refractivity contribution is -0.122. The zero-order valence-corrected chi connectivity index (χ0v) is 18.8. The van der Waals surface area contributed by atoms with Crippen LogP contribution in [-0.4, -0.2) is 32.3 Å². The van der Waals surface area contributed by atoms with Crippen molar-refractivity contribution < 1.29 is 22.4 Å². The van der Waals surface area contributed by atoms with Crippen LogP contribution in [0.4, 0.5) is 0 Å². The number of carbonyl (C=O) groups is 1. The monoisotopic (exact) mass is 454 g/mol. The lowest BCUT2D eigenvalue weighted by Crippen LogP contribution is -2.40. The van der Waals surface area contributed by atoms with E-state index < -0.39 is 15.9 Å². The Hall–Kier alpha value is -3.36. The van der Waals surface area contributed by atoms with Gasteiger partial charge in [-0.3, -0.25) is 4.79 Å². The van der Waals surface area contributed by atoms with E-state index in [0.29, 0.717) is 11.5 Å². The minimum atomic E-state index is -3.90. The van der Waals surface area contributed by atoms with E-state index in [9.17, 15) is 13.2 Å². The number of rotatable bonds is 10. The molecule has 7 nitrogen and oxygen atoms in total. The lowest BCUT2D eigenvalue weighted by atomic mass is 10.1. The van der Waals surface area contributed by atoms with E-state index in [1.54, 1.807) is 37.4 Å². The van der Waals surface area contributed by atoms with Gasteiger partial charge in [-0.05, 0) is 36.8 Å². The van der Waals surface area contributed by atoms with Gasteiger partial charge in [-0.2, -0.15) is 4.31 Å². The fourth-order valence-corrected chi connectivity index (χ4v) is 4.28. The zero-order chi connectivity index (χ0) is 23.0. The average molecular weight is 455 g/mol. The molecular formula is C24H26N2O5S. The van der Waals surface area contributed by atoms with Crippen molar-refractivity contribution in [3.63, 3.8) is 0 Å². The first-order chi connectivity index (χ1) is 15.4. The van der Waals surface area contributed by atoms with E-state index in [2.05, 4.69) is 5.32 Å². The first-order valence-corrected chi connectivity index (χ1v) is 11.6. The Kier molecular flexibility index (Phi) is 7.86. The van der Waals surface area contributed by atoms with Crippen LogP contribution < -0.4 is 10.1 Å². The Balaban J connectivity index is 1.76. The van der Waals surface area contributed by atoms with E-state index in [4.69, 9.17) is 9.15 Å². The van der Waals surface area contributed by atoms with Gasteiger partial charge in [0.2, 0.25) is 15.9 Å². The van der Waals surface area contributed by atoms with Gasteiger partial charge in [0.05, 0.1) is 32.5 Å². The first-order valence-electron chi connectivity index (χ1n) is 10.1. The smallest absolute Gasteiger partial charge is 0.237 e. The minimum Gasteiger partial charge on any atom is -0.496 e. The fourth-order valence-electron chi connectivity index (χ4n) is 3.18. The van der Waals surface area contributed by atoms with Gasteiger partial charge in [0.1, 0.15) is 11.5 Å². The summed E-state index contributed by atoms with van der Waals surface area (Å²) in [7, 11) is -2.34. The quantitative estimate of drug-likeness (QED) is 0.501. The van der Waals surface area contributed by atoms with Crippen molar-refractivity contribution in [3.8, 4) is 5.75 Å². The summed E-state index contributed by atoms with van der Waals surface area (Å²) >= 11 is 0. The fraction of sp³-hybridized carbons (Fsp3) is 0.208. The van der Waals surface area contributed by atoms with E-state index >= 15 is 0 Å². The molecule has 3 aromatic rings. The molecule has 1 N–H and O–H groups in total. The van der Waals surface area contributed by atoms with E-state index in [1.165, 1.54) is 12.3 Å². The summed E-state index contributed by atoms with van der Waals surface area (Å²) in [6, 6.07) is 19.4. The van der Waals surface area contributed by atoms with Crippen LogP contribution in [-0.2, 0) is 21.4 Å². The molecule has 1 atom stereocenters. The number of furan rings is 1. The summed E-state index contributed by atoms with van der Waals surface area (Å²) < 4.78 is 37.8. The maximum Gasteiger partial charge on any atom is 0.237 e. The molecule has 168 valence electrons. The standard InChI is InChI=1S/C24H26N2O5S/c1-19(22-12-6-7-13-23(22)30-2)25-24(27)18-26(17-21-11-8-15-31-21)32(28,29)16-14-20-9-4-3-5-10-20/h3-16,19H,17-18H2,1-2H3,(H,25,27)/b16-14+. The van der Waals surface area contributed by atoms with Gasteiger partial charge in [-0.1, -0.05) is 48.5 Å². The third-order valence-corrected chi connectivity index (χ3v) is 6.27. The highest BCUT2D eigenvalue weighted by molar-refractivity contribution is 7.92. The molecule has 32 heavy (non-hydrogen) atoms. The second kappa shape index (κ2) is 10.8. The van der Waals surface area contributed by atoms with Crippen LogP contribution in [0.1, 0.15) is 29.9 Å². The number of benzene rings is 2. The van der Waals surface area contributed by atoms with Crippen molar-refractivity contribution in [3.05, 3.63) is 95.3 Å². The summed E-state index contributed by atoms with van der Waals surface area (Å²) in [5.74, 6) is 0.644. The van der Waals surface area contributed by atoms with Crippen molar-refractivity contribution in [1.29, 1.82) is 0 Å². The number of nitrogens with zero attached hydrogens (tertiary/aromatic N) is 1. The molecule has 0 aliphatic heterocycles. The van der Waals surface area contributed by atoms with E-state index in [-0.39, 0.29) is 19.1 Å². The van der Waals surface area contributed by atoms with Gasteiger partial charge < -0.3 is 14.5 Å². The van der Waals surface area contributed by atoms with Crippen LogP contribution >= 0.6 is 0 Å². The number of para-hydroxylation sites is 1. The number of hydrogen-bond acceptors (Lipinski definition) is 5. The zero-order valence-electron chi connectivity index (χ0n) is 18.0. The van der Waals surface area contributed by atoms with Gasteiger partial charge >= 0.3 is 0 Å². The Morgan fingerprint density at radius 1 is 1.09 bits per heavy atom. The molecule has 1 unspecified atom stereocenters. The third kappa shape index (κ3) is 6.32. The second-order valence-electron chi connectivity index (χ2n) is 7.14. The molecule has 1 heterocycles. The van der Waals surface area contributed by atoms with Crippen molar-refractivity contribution in [2.75, 3.05) is 13.7 Å². The largest absolute Gasteiger partial charge is 0.496 e. The number of methoxy groups -OCH3 is 1. The van der Waals surface area contributed by atoms with Crippen molar-refractivity contribution >= 4 is 22.0 Å². The maximum absolute atomic E-state index is 13.0. The number of sulfonamides is 1. The van der Waals surface area contributed by atoms with E-state index in [0.717, 1.165) is 20.8 Å². The predicted molar refractivity (Wildman–Crippen MR) is 123 cm³/mol. The molecule has 2 aromatic carbocycles. The van der Waals surface area contributed by atoms with E-state index in [1.807, 2.05) is 43.3 Å². The molecule has 8 heteroatoms. The first kappa shape index (κ1) is 23.3. The van der Waals surface area contributed by atoms with Crippen molar-refractivity contribution in [2.45, 2.75) is 19.5 Å². The van der Waals surface area contributed by atoms with Crippen molar-refractivity contribution in [1.82, 2.24) is 9.62 Å². The highest BCUT2D eigenvalue weighted by Crippen LogP contribution is 2.24. The van der Waals surface area contributed by atoms with Crippen molar-refractivity contribution in [2.24, 2.45) is 0 Å². The minimum absolute atomic E-state index is 0.0646. The summed E-state index contributed by atoms with van der Waals surface area (Å²) in [6.45, 7) is 1.39. The molecule has 0 bridgehead atoms. The summed E-state index contributed by atoms with van der Waals surface area (Å²) in [4.78, 5) is 12.8. The number of carbonyl (C=O) groups excluding carboxylic acids is 1. The summed E-state index contributed by atoms with van der Waals surface area (Å²) in [5.41, 5.74) is 1.54. The normalized spacial score (nSPS) is 12.7. The Labute approximate surface area is 188 Å². The Morgan fingerprint density at radius 3 is 2.50 bits per heavy atom. The Bertz CT molecular complexity index is 1140. The van der Waals surface area contributed by atoms with Crippen LogP contribution in [0, 0.1) is 0 Å². The second-order valence-corrected chi connectivity index (χ2v) is 8.96. The summed E-state index contributed by atoms with van der Waals surface area (Å²) in [6.07, 6.45) is 2.96. The van der Waals surface area contributed by atoms with Gasteiger partial charge in [-0.15, -0.1) is 0 Å². The van der Waals surface area contributed by atoms with Crippen LogP contribution in [0.15, 0.2) is 82.8 Å². The van der Waals surface area contributed by atoms with Gasteiger partial charge in [0, 0.05) is 11.0 Å². The molecule has 0 aliphatic carbocycles. The average Bonchev–Trinajstić information content (AvgIpc) is 3.31. The maximum atomic E-state index is 13.0. The molecular weight excluding hydrogens is 428 g/mol. The highest BCUT2D eigenvalue weighted by atomic mass is 32.2. The number of amides is 1. The third-order valence-electron chi connectivity index (χ3n) is 4.81. The molecule has 0 saturated heterocycles. The molecule has 1 aromatic heterocycles. The molecule has 0 saturated carbocycles. The molecule has 0 fully saturated rings. The van der Waals surface area contributed by atoms with Crippen LogP contribution in [0.3, 0.4) is 0 Å². The van der Waals surface area contributed by atoms with Crippen LogP contribution in [0.2, 0.25) is 0 Å². The summed E-state index contributed by atoms with van der Waals surface area (Å²) in [5, 5.41) is 3.95. The number of nitrogens with one attached hydrogen (secondary N) is 1. The van der Waals surface area contributed by atoms with Crippen LogP contribution in [0.25, 0.3) is 6.08 Å². The number of ether oxygens (including phenoxy) is 1. The SMILES string of the molecule is COc1ccccc1C(C)NC(=O)CN(Cc1ccco1)S(=O)(=O)/C=C/c1ccccc1. The van der Waals surface area contributed by atoms with Crippen LogP contribution in [0.5, 0.6) is 5.75 Å². The molecule has 3 rings (SSSR count). The van der Waals surface area contributed by atoms with Gasteiger partial charge in [0.25, 0.3) is 0 Å². The van der Waals surface area contributed by atoms with Gasteiger partial charge in [0.15, 0.2) is 0 Å². The number of hydrogen-bond donors (Lipinski definition) is 1. The topological polar surface area (TPSA) is 88.8 Å².